The molecule has 1 aliphatic rings. The first-order chi connectivity index (χ1) is 10.2. The normalized spacial score (nSPS) is 16.3. The van der Waals surface area contributed by atoms with E-state index >= 15 is 0 Å². The quantitative estimate of drug-likeness (QED) is 0.798. The fourth-order valence-corrected chi connectivity index (χ4v) is 3.17. The molecule has 0 heterocycles. The summed E-state index contributed by atoms with van der Waals surface area (Å²) in [6.07, 6.45) is 7.14. The number of rotatable bonds is 5. The van der Waals surface area contributed by atoms with Crippen LogP contribution in [0.5, 0.6) is 5.75 Å². The van der Waals surface area contributed by atoms with Gasteiger partial charge in [0.2, 0.25) is 0 Å². The van der Waals surface area contributed by atoms with Gasteiger partial charge in [0.05, 0.1) is 4.47 Å². The number of ether oxygens (including phenoxy) is 1. The molecule has 1 aromatic carbocycles. The smallest absolute Gasteiger partial charge is 0.258 e. The highest BCUT2D eigenvalue weighted by atomic mass is 79.9. The zero-order valence-corrected chi connectivity index (χ0v) is 13.8. The molecule has 4 nitrogen and oxygen atoms in total. The zero-order valence-electron chi connectivity index (χ0n) is 12.2. The van der Waals surface area contributed by atoms with Crippen molar-refractivity contribution in [3.63, 3.8) is 0 Å². The maximum Gasteiger partial charge on any atom is 0.258 e. The summed E-state index contributed by atoms with van der Waals surface area (Å²) in [5, 5.41) is 3.07. The molecule has 21 heavy (non-hydrogen) atoms. The average molecular weight is 355 g/mol. The van der Waals surface area contributed by atoms with Gasteiger partial charge in [0.25, 0.3) is 5.91 Å². The predicted octanol–water partition coefficient (Wildman–Crippen LogP) is 3.13. The fraction of sp³-hybridized carbons (Fsp3) is 0.562. The number of hydrogen-bond acceptors (Lipinski definition) is 3. The van der Waals surface area contributed by atoms with Gasteiger partial charge in [-0.3, -0.25) is 4.79 Å². The predicted molar refractivity (Wildman–Crippen MR) is 87.2 cm³/mol. The molecule has 0 aliphatic heterocycles. The van der Waals surface area contributed by atoms with Crippen LogP contribution in [0, 0.1) is 0 Å². The van der Waals surface area contributed by atoms with Gasteiger partial charge in [0.1, 0.15) is 5.75 Å². The monoisotopic (exact) mass is 354 g/mol. The summed E-state index contributed by atoms with van der Waals surface area (Å²) in [6, 6.07) is 5.97. The van der Waals surface area contributed by atoms with Crippen molar-refractivity contribution < 1.29 is 9.53 Å². The number of halogens is 1. The lowest BCUT2D eigenvalue weighted by molar-refractivity contribution is -0.123. The molecule has 5 heteroatoms. The van der Waals surface area contributed by atoms with Gasteiger partial charge in [-0.25, -0.2) is 0 Å². The van der Waals surface area contributed by atoms with Crippen LogP contribution in [-0.4, -0.2) is 18.6 Å². The summed E-state index contributed by atoms with van der Waals surface area (Å²) in [4.78, 5) is 12.0. The highest BCUT2D eigenvalue weighted by Gasteiger charge is 2.15. The molecule has 0 saturated heterocycles. The van der Waals surface area contributed by atoms with Gasteiger partial charge in [-0.1, -0.05) is 31.7 Å². The van der Waals surface area contributed by atoms with Crippen LogP contribution in [0.15, 0.2) is 22.7 Å². The van der Waals surface area contributed by atoms with Gasteiger partial charge < -0.3 is 15.8 Å². The van der Waals surface area contributed by atoms with Crippen molar-refractivity contribution in [2.75, 3.05) is 6.61 Å². The van der Waals surface area contributed by atoms with Crippen LogP contribution in [0.1, 0.15) is 44.1 Å². The molecular formula is C16H23BrN2O2. The Morgan fingerprint density at radius 1 is 1.29 bits per heavy atom. The third-order valence-electron chi connectivity index (χ3n) is 3.81. The minimum atomic E-state index is -0.0447. The first-order valence-corrected chi connectivity index (χ1v) is 8.39. The van der Waals surface area contributed by atoms with Crippen molar-refractivity contribution in [1.82, 2.24) is 5.32 Å². The van der Waals surface area contributed by atoms with E-state index in [1.165, 1.54) is 25.7 Å². The maximum atomic E-state index is 12.0. The number of nitrogens with one attached hydrogen (secondary N) is 1. The molecule has 0 unspecified atom stereocenters. The van der Waals surface area contributed by atoms with Crippen molar-refractivity contribution in [3.8, 4) is 5.75 Å². The van der Waals surface area contributed by atoms with Crippen LogP contribution < -0.4 is 15.8 Å². The number of nitrogens with two attached hydrogens (primary N) is 1. The summed E-state index contributed by atoms with van der Waals surface area (Å²) in [5.74, 6) is 0.625. The molecule has 0 atom stereocenters. The Balaban J connectivity index is 1.80. The van der Waals surface area contributed by atoms with Crippen LogP contribution in [0.25, 0.3) is 0 Å². The summed E-state index contributed by atoms with van der Waals surface area (Å²) in [5.41, 5.74) is 6.61. The van der Waals surface area contributed by atoms with E-state index in [-0.39, 0.29) is 12.5 Å². The standard InChI is InChI=1S/C16H23BrN2O2/c17-14-9-12(10-18)7-8-15(14)21-11-16(20)19-13-5-3-1-2-4-6-13/h7-9,13H,1-6,10-11,18H2,(H,19,20). The lowest BCUT2D eigenvalue weighted by Crippen LogP contribution is -2.37. The molecule has 0 aromatic heterocycles. The Bertz CT molecular complexity index is 471. The van der Waals surface area contributed by atoms with Crippen LogP contribution in [0.2, 0.25) is 0 Å². The third kappa shape index (κ3) is 5.32. The highest BCUT2D eigenvalue weighted by Crippen LogP contribution is 2.25. The maximum absolute atomic E-state index is 12.0. The molecule has 1 aromatic rings. The van der Waals surface area contributed by atoms with E-state index in [0.717, 1.165) is 22.9 Å². The molecule has 1 aliphatic carbocycles. The van der Waals surface area contributed by atoms with Crippen LogP contribution in [0.4, 0.5) is 0 Å². The van der Waals surface area contributed by atoms with E-state index in [1.54, 1.807) is 0 Å². The number of carbonyl (C=O) groups is 1. The van der Waals surface area contributed by atoms with E-state index in [2.05, 4.69) is 21.2 Å². The number of benzene rings is 1. The van der Waals surface area contributed by atoms with Gasteiger partial charge >= 0.3 is 0 Å². The Hall–Kier alpha value is -1.07. The fourth-order valence-electron chi connectivity index (χ4n) is 2.62. The van der Waals surface area contributed by atoms with Gasteiger partial charge in [-0.15, -0.1) is 0 Å². The van der Waals surface area contributed by atoms with E-state index < -0.39 is 0 Å². The first kappa shape index (κ1) is 16.3. The molecule has 1 saturated carbocycles. The molecule has 0 bridgehead atoms. The second-order valence-corrected chi connectivity index (χ2v) is 6.37. The van der Waals surface area contributed by atoms with E-state index in [0.29, 0.717) is 18.3 Å². The molecule has 2 rings (SSSR count). The van der Waals surface area contributed by atoms with E-state index in [1.807, 2.05) is 18.2 Å². The van der Waals surface area contributed by atoms with Gasteiger partial charge in [-0.2, -0.15) is 0 Å². The first-order valence-electron chi connectivity index (χ1n) is 7.59. The van der Waals surface area contributed by atoms with Crippen molar-refractivity contribution in [3.05, 3.63) is 28.2 Å². The number of carbonyl (C=O) groups excluding carboxylic acids is 1. The lowest BCUT2D eigenvalue weighted by atomic mass is 10.1. The summed E-state index contributed by atoms with van der Waals surface area (Å²) in [7, 11) is 0. The van der Waals surface area contributed by atoms with Gasteiger partial charge in [-0.05, 0) is 46.5 Å². The lowest BCUT2D eigenvalue weighted by Gasteiger charge is -2.16. The minimum Gasteiger partial charge on any atom is -0.483 e. The van der Waals surface area contributed by atoms with E-state index in [4.69, 9.17) is 10.5 Å². The minimum absolute atomic E-state index is 0.0447. The van der Waals surface area contributed by atoms with Crippen LogP contribution >= 0.6 is 15.9 Å². The van der Waals surface area contributed by atoms with Crippen molar-refractivity contribution in [2.24, 2.45) is 5.73 Å². The Morgan fingerprint density at radius 2 is 2.00 bits per heavy atom. The van der Waals surface area contributed by atoms with Crippen LogP contribution in [-0.2, 0) is 11.3 Å². The van der Waals surface area contributed by atoms with Crippen molar-refractivity contribution in [1.29, 1.82) is 0 Å². The summed E-state index contributed by atoms with van der Waals surface area (Å²) in [6.45, 7) is 0.540. The molecule has 0 spiro atoms. The highest BCUT2D eigenvalue weighted by molar-refractivity contribution is 9.10. The van der Waals surface area contributed by atoms with Gasteiger partial charge in [0, 0.05) is 12.6 Å². The molecule has 1 amide bonds. The molecule has 3 N–H and O–H groups in total. The summed E-state index contributed by atoms with van der Waals surface area (Å²) >= 11 is 3.43. The Morgan fingerprint density at radius 3 is 2.62 bits per heavy atom. The molecule has 1 fully saturated rings. The molecule has 116 valence electrons. The topological polar surface area (TPSA) is 64.3 Å². The van der Waals surface area contributed by atoms with E-state index in [9.17, 15) is 4.79 Å². The van der Waals surface area contributed by atoms with Crippen LogP contribution in [0.3, 0.4) is 0 Å². The second kappa shape index (κ2) is 8.39. The van der Waals surface area contributed by atoms with Gasteiger partial charge in [0.15, 0.2) is 6.61 Å². The summed E-state index contributed by atoms with van der Waals surface area (Å²) < 4.78 is 6.40. The Kier molecular flexibility index (Phi) is 6.51. The second-order valence-electron chi connectivity index (χ2n) is 5.51. The SMILES string of the molecule is NCc1ccc(OCC(=O)NC2CCCCCC2)c(Br)c1. The zero-order chi connectivity index (χ0) is 15.1. The van der Waals surface area contributed by atoms with Crippen molar-refractivity contribution >= 4 is 21.8 Å². The largest absolute Gasteiger partial charge is 0.483 e. The average Bonchev–Trinajstić information content (AvgIpc) is 2.74. The number of amides is 1. The third-order valence-corrected chi connectivity index (χ3v) is 4.43. The number of hydrogen-bond donors (Lipinski definition) is 2. The Labute approximate surface area is 134 Å². The molecular weight excluding hydrogens is 332 g/mol. The molecule has 0 radical (unpaired) electrons. The van der Waals surface area contributed by atoms with Crippen molar-refractivity contribution in [2.45, 2.75) is 51.1 Å².